The summed E-state index contributed by atoms with van der Waals surface area (Å²) in [5.41, 5.74) is -0.484. The summed E-state index contributed by atoms with van der Waals surface area (Å²) < 4.78 is 5.25. The molecule has 2 atom stereocenters. The lowest BCUT2D eigenvalue weighted by Gasteiger charge is -2.36. The number of amides is 1. The first-order valence-corrected chi connectivity index (χ1v) is 5.67. The zero-order valence-electron chi connectivity index (χ0n) is 10.5. The summed E-state index contributed by atoms with van der Waals surface area (Å²) in [6, 6.07) is 0.0682. The second-order valence-electron chi connectivity index (χ2n) is 5.18. The van der Waals surface area contributed by atoms with Crippen molar-refractivity contribution in [3.8, 4) is 0 Å². The number of nitrogens with one attached hydrogen (secondary N) is 1. The van der Waals surface area contributed by atoms with Gasteiger partial charge in [0.1, 0.15) is 5.60 Å². The monoisotopic (exact) mass is 230 g/mol. The van der Waals surface area contributed by atoms with Crippen LogP contribution in [-0.2, 0) is 4.74 Å². The summed E-state index contributed by atoms with van der Waals surface area (Å²) >= 11 is 0. The molecule has 2 N–H and O–H groups in total. The van der Waals surface area contributed by atoms with Gasteiger partial charge in [-0.05, 0) is 34.2 Å². The van der Waals surface area contributed by atoms with Crippen LogP contribution in [-0.4, -0.2) is 54.0 Å². The number of carbonyl (C=O) groups excluding carboxylic acids is 1. The highest BCUT2D eigenvalue weighted by Crippen LogP contribution is 2.15. The lowest BCUT2D eigenvalue weighted by molar-refractivity contribution is -0.00384. The van der Waals surface area contributed by atoms with Crippen molar-refractivity contribution in [3.63, 3.8) is 0 Å². The van der Waals surface area contributed by atoms with Gasteiger partial charge >= 0.3 is 6.09 Å². The van der Waals surface area contributed by atoms with Gasteiger partial charge in [-0.3, -0.25) is 0 Å². The first-order chi connectivity index (χ1) is 7.33. The number of rotatable bonds is 1. The minimum absolute atomic E-state index is 0.0682. The van der Waals surface area contributed by atoms with Gasteiger partial charge in [0, 0.05) is 12.6 Å². The van der Waals surface area contributed by atoms with Gasteiger partial charge in [-0.2, -0.15) is 0 Å². The highest BCUT2D eigenvalue weighted by Gasteiger charge is 2.31. The number of β-amino-alcohol motifs (C(OH)–C–C–N with tert-alkyl or cyclic N) is 1. The number of likely N-dealkylation sites (N-methyl/N-ethyl adjacent to an activating group) is 1. The summed E-state index contributed by atoms with van der Waals surface area (Å²) in [5.74, 6) is 0. The number of nitrogens with zero attached hydrogens (tertiary/aromatic N) is 1. The zero-order valence-corrected chi connectivity index (χ0v) is 10.5. The highest BCUT2D eigenvalue weighted by molar-refractivity contribution is 5.68. The Morgan fingerprint density at radius 3 is 2.56 bits per heavy atom. The van der Waals surface area contributed by atoms with Gasteiger partial charge < -0.3 is 20.1 Å². The van der Waals surface area contributed by atoms with Crippen LogP contribution in [0.15, 0.2) is 0 Å². The molecule has 1 rings (SSSR count). The molecule has 1 aliphatic heterocycles. The van der Waals surface area contributed by atoms with E-state index in [4.69, 9.17) is 4.74 Å². The average molecular weight is 230 g/mol. The van der Waals surface area contributed by atoms with Crippen LogP contribution in [0, 0.1) is 0 Å². The van der Waals surface area contributed by atoms with Crippen LogP contribution in [0.5, 0.6) is 0 Å². The summed E-state index contributed by atoms with van der Waals surface area (Å²) in [5, 5.41) is 12.8. The van der Waals surface area contributed by atoms with E-state index >= 15 is 0 Å². The Labute approximate surface area is 96.8 Å². The van der Waals surface area contributed by atoms with Crippen LogP contribution < -0.4 is 5.32 Å². The molecule has 0 spiro atoms. The maximum absolute atomic E-state index is 11.7. The Kier molecular flexibility index (Phi) is 4.15. The molecular weight excluding hydrogens is 208 g/mol. The van der Waals surface area contributed by atoms with Crippen LogP contribution in [0.4, 0.5) is 4.79 Å². The predicted octanol–water partition coefficient (Wildman–Crippen LogP) is 0.576. The molecule has 0 unspecified atom stereocenters. The number of hydrogen-bond acceptors (Lipinski definition) is 4. The maximum atomic E-state index is 11.7. The smallest absolute Gasteiger partial charge is 0.410 e. The van der Waals surface area contributed by atoms with Gasteiger partial charge in [0.25, 0.3) is 0 Å². The number of hydrogen-bond donors (Lipinski definition) is 2. The van der Waals surface area contributed by atoms with E-state index in [1.807, 2.05) is 27.8 Å². The molecule has 5 heteroatoms. The summed E-state index contributed by atoms with van der Waals surface area (Å²) in [4.78, 5) is 13.3. The first-order valence-electron chi connectivity index (χ1n) is 5.67. The van der Waals surface area contributed by atoms with Crippen molar-refractivity contribution in [3.05, 3.63) is 0 Å². The molecule has 5 nitrogen and oxygen atoms in total. The van der Waals surface area contributed by atoms with E-state index in [-0.39, 0.29) is 12.1 Å². The minimum atomic E-state index is -0.522. The van der Waals surface area contributed by atoms with E-state index in [0.29, 0.717) is 13.1 Å². The summed E-state index contributed by atoms with van der Waals surface area (Å²) in [6.07, 6.45) is -0.121. The molecule has 0 aromatic rings. The normalized spacial score (nSPS) is 26.7. The Bertz CT molecular complexity index is 250. The van der Waals surface area contributed by atoms with E-state index < -0.39 is 11.7 Å². The maximum Gasteiger partial charge on any atom is 0.410 e. The third-order valence-electron chi connectivity index (χ3n) is 2.60. The van der Waals surface area contributed by atoms with E-state index in [1.54, 1.807) is 4.90 Å². The van der Waals surface area contributed by atoms with Crippen molar-refractivity contribution in [1.82, 2.24) is 10.2 Å². The molecule has 94 valence electrons. The number of aliphatic hydroxyl groups excluding tert-OH is 1. The van der Waals surface area contributed by atoms with Crippen LogP contribution in [0.1, 0.15) is 27.2 Å². The number of likely N-dealkylation sites (tertiary alicyclic amines) is 1. The molecule has 0 aliphatic carbocycles. The van der Waals surface area contributed by atoms with E-state index in [9.17, 15) is 9.90 Å². The number of ether oxygens (including phenoxy) is 1. The largest absolute Gasteiger partial charge is 0.444 e. The standard InChI is InChI=1S/C11H22N2O3/c1-11(2,3)16-10(15)13-6-5-8(12-4)9(14)7-13/h8-9,12,14H,5-7H2,1-4H3/t8-,9+/m1/s1. The quantitative estimate of drug-likeness (QED) is 0.691. The lowest BCUT2D eigenvalue weighted by Crippen LogP contribution is -2.54. The van der Waals surface area contributed by atoms with Gasteiger partial charge in [0.15, 0.2) is 0 Å². The topological polar surface area (TPSA) is 61.8 Å². The van der Waals surface area contributed by atoms with E-state index in [0.717, 1.165) is 6.42 Å². The Balaban J connectivity index is 2.48. The molecule has 1 amide bonds. The molecule has 16 heavy (non-hydrogen) atoms. The SMILES string of the molecule is CN[C@@H]1CCN(C(=O)OC(C)(C)C)C[C@@H]1O. The fourth-order valence-corrected chi connectivity index (χ4v) is 1.76. The average Bonchev–Trinajstić information content (AvgIpc) is 2.15. The van der Waals surface area contributed by atoms with Gasteiger partial charge in [-0.1, -0.05) is 0 Å². The molecule has 0 saturated carbocycles. The van der Waals surface area contributed by atoms with Gasteiger partial charge in [0.05, 0.1) is 12.6 Å². The second-order valence-corrected chi connectivity index (χ2v) is 5.18. The molecular formula is C11H22N2O3. The fourth-order valence-electron chi connectivity index (χ4n) is 1.76. The van der Waals surface area contributed by atoms with Crippen molar-refractivity contribution in [2.75, 3.05) is 20.1 Å². The second kappa shape index (κ2) is 5.01. The molecule has 0 aromatic carbocycles. The van der Waals surface area contributed by atoms with Crippen LogP contribution in [0.2, 0.25) is 0 Å². The van der Waals surface area contributed by atoms with Crippen LogP contribution in [0.3, 0.4) is 0 Å². The Morgan fingerprint density at radius 1 is 1.50 bits per heavy atom. The Hall–Kier alpha value is -0.810. The molecule has 1 saturated heterocycles. The summed E-state index contributed by atoms with van der Waals surface area (Å²) in [7, 11) is 1.82. The van der Waals surface area contributed by atoms with Crippen molar-refractivity contribution < 1.29 is 14.6 Å². The highest BCUT2D eigenvalue weighted by atomic mass is 16.6. The van der Waals surface area contributed by atoms with E-state index in [1.165, 1.54) is 0 Å². The van der Waals surface area contributed by atoms with E-state index in [2.05, 4.69) is 5.32 Å². The lowest BCUT2D eigenvalue weighted by atomic mass is 10.0. The predicted molar refractivity (Wildman–Crippen MR) is 61.3 cm³/mol. The molecule has 1 fully saturated rings. The number of piperidine rings is 1. The molecule has 1 aliphatic rings. The van der Waals surface area contributed by atoms with Crippen molar-refractivity contribution in [2.45, 2.75) is 44.9 Å². The van der Waals surface area contributed by atoms with Gasteiger partial charge in [-0.25, -0.2) is 4.79 Å². The molecule has 0 radical (unpaired) electrons. The number of aliphatic hydroxyl groups is 1. The van der Waals surface area contributed by atoms with Crippen molar-refractivity contribution >= 4 is 6.09 Å². The fraction of sp³-hybridized carbons (Fsp3) is 0.909. The molecule has 1 heterocycles. The van der Waals surface area contributed by atoms with Gasteiger partial charge in [-0.15, -0.1) is 0 Å². The van der Waals surface area contributed by atoms with Gasteiger partial charge in [0.2, 0.25) is 0 Å². The number of carbonyl (C=O) groups is 1. The molecule has 0 aromatic heterocycles. The van der Waals surface area contributed by atoms with Crippen molar-refractivity contribution in [2.24, 2.45) is 0 Å². The summed E-state index contributed by atoms with van der Waals surface area (Å²) in [6.45, 7) is 6.46. The third-order valence-corrected chi connectivity index (χ3v) is 2.60. The third kappa shape index (κ3) is 3.64. The minimum Gasteiger partial charge on any atom is -0.444 e. The van der Waals surface area contributed by atoms with Crippen LogP contribution in [0.25, 0.3) is 0 Å². The Morgan fingerprint density at radius 2 is 2.12 bits per heavy atom. The van der Waals surface area contributed by atoms with Crippen LogP contribution >= 0.6 is 0 Å². The molecule has 0 bridgehead atoms. The zero-order chi connectivity index (χ0) is 12.3. The van der Waals surface area contributed by atoms with Crippen molar-refractivity contribution in [1.29, 1.82) is 0 Å². The first kappa shape index (κ1) is 13.3.